The highest BCUT2D eigenvalue weighted by Crippen LogP contribution is 2.34. The Hall–Kier alpha value is -0.120. The van der Waals surface area contributed by atoms with Crippen LogP contribution in [-0.2, 0) is 4.74 Å². The highest BCUT2D eigenvalue weighted by molar-refractivity contribution is 4.93. The zero-order valence-electron chi connectivity index (χ0n) is 12.4. The number of nitrogens with zero attached hydrogens (tertiary/aromatic N) is 1. The molecule has 3 heteroatoms. The summed E-state index contributed by atoms with van der Waals surface area (Å²) in [6.45, 7) is 2.51. The zero-order chi connectivity index (χ0) is 13.1. The maximum Gasteiger partial charge on any atom is 0.0586 e. The van der Waals surface area contributed by atoms with Crippen molar-refractivity contribution in [3.63, 3.8) is 0 Å². The minimum atomic E-state index is 0.513. The van der Waals surface area contributed by atoms with E-state index in [0.717, 1.165) is 18.1 Å². The maximum absolute atomic E-state index is 5.62. The van der Waals surface area contributed by atoms with Crippen LogP contribution in [0.1, 0.15) is 57.8 Å². The van der Waals surface area contributed by atoms with Gasteiger partial charge in [0.1, 0.15) is 0 Å². The van der Waals surface area contributed by atoms with Crippen LogP contribution < -0.4 is 5.32 Å². The second-order valence-corrected chi connectivity index (χ2v) is 6.75. The van der Waals surface area contributed by atoms with Crippen molar-refractivity contribution in [1.29, 1.82) is 0 Å². The van der Waals surface area contributed by atoms with Gasteiger partial charge in [-0.2, -0.15) is 0 Å². The van der Waals surface area contributed by atoms with E-state index in [2.05, 4.69) is 10.2 Å². The molecule has 3 nitrogen and oxygen atoms in total. The molecule has 3 unspecified atom stereocenters. The largest absolute Gasteiger partial charge is 0.381 e. The van der Waals surface area contributed by atoms with Crippen LogP contribution in [0.4, 0.5) is 0 Å². The van der Waals surface area contributed by atoms with E-state index < -0.39 is 0 Å². The molecule has 0 aromatic carbocycles. The lowest BCUT2D eigenvalue weighted by atomic mass is 9.91. The van der Waals surface area contributed by atoms with Gasteiger partial charge in [-0.15, -0.1) is 0 Å². The minimum absolute atomic E-state index is 0.513. The lowest BCUT2D eigenvalue weighted by molar-refractivity contribution is 0.0216. The summed E-state index contributed by atoms with van der Waals surface area (Å²) in [5.74, 6) is 0. The molecule has 0 spiro atoms. The van der Waals surface area contributed by atoms with E-state index in [1.54, 1.807) is 0 Å². The third-order valence-electron chi connectivity index (χ3n) is 5.26. The monoisotopic (exact) mass is 266 g/mol. The van der Waals surface area contributed by atoms with Crippen molar-refractivity contribution >= 4 is 0 Å². The van der Waals surface area contributed by atoms with Crippen molar-refractivity contribution in [2.75, 3.05) is 20.2 Å². The normalized spacial score (nSPS) is 36.6. The third-order valence-corrected chi connectivity index (χ3v) is 5.26. The lowest BCUT2D eigenvalue weighted by Gasteiger charge is -2.40. The molecular formula is C16H30N2O. The molecule has 3 atom stereocenters. The van der Waals surface area contributed by atoms with E-state index in [1.807, 2.05) is 7.11 Å². The van der Waals surface area contributed by atoms with Gasteiger partial charge in [-0.1, -0.05) is 6.42 Å². The Morgan fingerprint density at radius 3 is 2.58 bits per heavy atom. The van der Waals surface area contributed by atoms with Gasteiger partial charge < -0.3 is 10.1 Å². The maximum atomic E-state index is 5.62. The van der Waals surface area contributed by atoms with Crippen LogP contribution in [0, 0.1) is 0 Å². The number of hydrogen-bond donors (Lipinski definition) is 1. The molecule has 3 rings (SSSR count). The Kier molecular flexibility index (Phi) is 4.78. The zero-order valence-corrected chi connectivity index (χ0v) is 12.4. The number of piperidine rings is 1. The van der Waals surface area contributed by atoms with Crippen LogP contribution in [0.3, 0.4) is 0 Å². The number of rotatable bonds is 5. The van der Waals surface area contributed by atoms with Gasteiger partial charge >= 0.3 is 0 Å². The Morgan fingerprint density at radius 1 is 1.00 bits per heavy atom. The summed E-state index contributed by atoms with van der Waals surface area (Å²) in [5.41, 5.74) is 0. The van der Waals surface area contributed by atoms with E-state index in [4.69, 9.17) is 4.74 Å². The van der Waals surface area contributed by atoms with Crippen molar-refractivity contribution in [2.45, 2.75) is 82.0 Å². The van der Waals surface area contributed by atoms with E-state index >= 15 is 0 Å². The first-order chi connectivity index (χ1) is 9.36. The van der Waals surface area contributed by atoms with Gasteiger partial charge in [0.05, 0.1) is 6.10 Å². The van der Waals surface area contributed by atoms with Crippen LogP contribution in [-0.4, -0.2) is 49.3 Å². The van der Waals surface area contributed by atoms with Gasteiger partial charge in [0.25, 0.3) is 0 Å². The van der Waals surface area contributed by atoms with Crippen LogP contribution in [0.5, 0.6) is 0 Å². The van der Waals surface area contributed by atoms with Gasteiger partial charge in [-0.25, -0.2) is 0 Å². The fourth-order valence-electron chi connectivity index (χ4n) is 3.97. The predicted octanol–water partition coefficient (Wildman–Crippen LogP) is 2.55. The number of ether oxygens (including phenoxy) is 1. The molecule has 0 aromatic rings. The smallest absolute Gasteiger partial charge is 0.0586 e. The SMILES string of the molecule is COC1CCCC(N(CC2CCCCN2)C2CC2)C1. The van der Waals surface area contributed by atoms with E-state index in [9.17, 15) is 0 Å². The molecule has 1 saturated heterocycles. The summed E-state index contributed by atoms with van der Waals surface area (Å²) in [6.07, 6.45) is 12.8. The van der Waals surface area contributed by atoms with Crippen LogP contribution in [0.15, 0.2) is 0 Å². The Bertz CT molecular complexity index is 274. The average Bonchev–Trinajstić information content (AvgIpc) is 3.30. The quantitative estimate of drug-likeness (QED) is 0.827. The number of nitrogens with one attached hydrogen (secondary N) is 1. The molecular weight excluding hydrogens is 236 g/mol. The molecule has 0 aromatic heterocycles. The Labute approximate surface area is 118 Å². The topological polar surface area (TPSA) is 24.5 Å². The predicted molar refractivity (Wildman–Crippen MR) is 78.4 cm³/mol. The molecule has 1 N–H and O–H groups in total. The molecule has 0 bridgehead atoms. The highest BCUT2D eigenvalue weighted by Gasteiger charge is 2.37. The number of methoxy groups -OCH3 is 1. The molecule has 110 valence electrons. The van der Waals surface area contributed by atoms with E-state index in [1.165, 1.54) is 70.9 Å². The summed E-state index contributed by atoms with van der Waals surface area (Å²) in [4.78, 5) is 2.84. The van der Waals surface area contributed by atoms with Crippen LogP contribution in [0.2, 0.25) is 0 Å². The van der Waals surface area contributed by atoms with Gasteiger partial charge in [0.2, 0.25) is 0 Å². The van der Waals surface area contributed by atoms with Gasteiger partial charge in [-0.3, -0.25) is 4.90 Å². The van der Waals surface area contributed by atoms with Crippen LogP contribution in [0.25, 0.3) is 0 Å². The summed E-state index contributed by atoms with van der Waals surface area (Å²) in [6, 6.07) is 2.43. The summed E-state index contributed by atoms with van der Waals surface area (Å²) < 4.78 is 5.62. The molecule has 0 radical (unpaired) electrons. The van der Waals surface area contributed by atoms with E-state index in [0.29, 0.717) is 6.10 Å². The minimum Gasteiger partial charge on any atom is -0.381 e. The molecule has 3 fully saturated rings. The van der Waals surface area contributed by atoms with Gasteiger partial charge in [0, 0.05) is 31.8 Å². The lowest BCUT2D eigenvalue weighted by Crippen LogP contribution is -2.50. The first kappa shape index (κ1) is 13.8. The second kappa shape index (κ2) is 6.55. The molecule has 0 amide bonds. The van der Waals surface area contributed by atoms with Crippen LogP contribution >= 0.6 is 0 Å². The molecule has 19 heavy (non-hydrogen) atoms. The summed E-state index contributed by atoms with van der Waals surface area (Å²) in [7, 11) is 1.89. The van der Waals surface area contributed by atoms with Crippen molar-refractivity contribution in [3.05, 3.63) is 0 Å². The molecule has 2 aliphatic carbocycles. The molecule has 2 saturated carbocycles. The number of hydrogen-bond acceptors (Lipinski definition) is 3. The van der Waals surface area contributed by atoms with Gasteiger partial charge in [-0.05, 0) is 57.9 Å². The molecule has 1 heterocycles. The fourth-order valence-corrected chi connectivity index (χ4v) is 3.97. The first-order valence-corrected chi connectivity index (χ1v) is 8.38. The second-order valence-electron chi connectivity index (χ2n) is 6.75. The fraction of sp³-hybridized carbons (Fsp3) is 1.00. The molecule has 3 aliphatic rings. The summed E-state index contributed by atoms with van der Waals surface area (Å²) in [5, 5.41) is 3.72. The Balaban J connectivity index is 1.56. The van der Waals surface area contributed by atoms with Crippen molar-refractivity contribution in [3.8, 4) is 0 Å². The average molecular weight is 266 g/mol. The highest BCUT2D eigenvalue weighted by atomic mass is 16.5. The van der Waals surface area contributed by atoms with Crippen molar-refractivity contribution in [1.82, 2.24) is 10.2 Å². The Morgan fingerprint density at radius 2 is 1.89 bits per heavy atom. The standard InChI is InChI=1S/C16H30N2O/c1-19-16-7-4-6-15(11-16)18(14-8-9-14)12-13-5-2-3-10-17-13/h13-17H,2-12H2,1H3. The van der Waals surface area contributed by atoms with E-state index in [-0.39, 0.29) is 0 Å². The van der Waals surface area contributed by atoms with Crippen molar-refractivity contribution in [2.24, 2.45) is 0 Å². The molecule has 1 aliphatic heterocycles. The third kappa shape index (κ3) is 3.71. The van der Waals surface area contributed by atoms with Gasteiger partial charge in [0.15, 0.2) is 0 Å². The van der Waals surface area contributed by atoms with Crippen molar-refractivity contribution < 1.29 is 4.74 Å². The first-order valence-electron chi connectivity index (χ1n) is 8.38. The summed E-state index contributed by atoms with van der Waals surface area (Å²) >= 11 is 0.